The van der Waals surface area contributed by atoms with Crippen LogP contribution in [0.4, 0.5) is 0 Å². The van der Waals surface area contributed by atoms with Crippen LogP contribution in [-0.4, -0.2) is 10.2 Å². The van der Waals surface area contributed by atoms with E-state index >= 15 is 0 Å². The highest BCUT2D eigenvalue weighted by Crippen LogP contribution is 2.31. The molecule has 0 saturated heterocycles. The molecule has 2 N–H and O–H groups in total. The topological polar surface area (TPSA) is 38.9 Å². The molecule has 1 aromatic heterocycles. The summed E-state index contributed by atoms with van der Waals surface area (Å²) in [7, 11) is 0. The van der Waals surface area contributed by atoms with Gasteiger partial charge in [-0.2, -0.15) is 11.8 Å². The number of rotatable bonds is 5. The van der Waals surface area contributed by atoms with E-state index in [0.29, 0.717) is 5.25 Å². The predicted molar refractivity (Wildman–Crippen MR) is 75.1 cm³/mol. The van der Waals surface area contributed by atoms with Gasteiger partial charge in [0.25, 0.3) is 0 Å². The first-order chi connectivity index (χ1) is 7.34. The number of hydrogen-bond donors (Lipinski definition) is 1. The molecule has 0 aliphatic carbocycles. The Labute approximate surface area is 107 Å². The third-order valence-corrected chi connectivity index (χ3v) is 4.93. The molecule has 0 fully saturated rings. The first-order valence-electron chi connectivity index (χ1n) is 5.74. The lowest BCUT2D eigenvalue weighted by molar-refractivity contribution is 0.559. The Morgan fingerprint density at radius 1 is 1.44 bits per heavy atom. The summed E-state index contributed by atoms with van der Waals surface area (Å²) in [6.07, 6.45) is 0.971. The van der Waals surface area contributed by atoms with E-state index in [4.69, 9.17) is 5.73 Å². The van der Waals surface area contributed by atoms with Gasteiger partial charge in [-0.05, 0) is 25.5 Å². The van der Waals surface area contributed by atoms with Gasteiger partial charge in [0.1, 0.15) is 5.01 Å². The fraction of sp³-hybridized carbons (Fsp3) is 0.750. The fourth-order valence-electron chi connectivity index (χ4n) is 1.44. The summed E-state index contributed by atoms with van der Waals surface area (Å²) in [5.41, 5.74) is 7.08. The number of thioether (sulfide) groups is 1. The molecule has 16 heavy (non-hydrogen) atoms. The van der Waals surface area contributed by atoms with Crippen molar-refractivity contribution >= 4 is 23.1 Å². The Morgan fingerprint density at radius 3 is 2.44 bits per heavy atom. The van der Waals surface area contributed by atoms with Gasteiger partial charge in [0.2, 0.25) is 0 Å². The van der Waals surface area contributed by atoms with E-state index in [0.717, 1.165) is 12.2 Å². The number of nitrogens with two attached hydrogens (primary N) is 1. The molecule has 4 heteroatoms. The molecule has 0 bridgehead atoms. The summed E-state index contributed by atoms with van der Waals surface area (Å²) in [6.45, 7) is 10.7. The van der Waals surface area contributed by atoms with E-state index < -0.39 is 0 Å². The van der Waals surface area contributed by atoms with E-state index in [-0.39, 0.29) is 5.54 Å². The zero-order valence-corrected chi connectivity index (χ0v) is 12.5. The van der Waals surface area contributed by atoms with E-state index in [9.17, 15) is 0 Å². The van der Waals surface area contributed by atoms with Crippen molar-refractivity contribution in [1.82, 2.24) is 4.98 Å². The molecule has 92 valence electrons. The average Bonchev–Trinajstić information content (AvgIpc) is 2.57. The minimum Gasteiger partial charge on any atom is -0.321 e. The van der Waals surface area contributed by atoms with Gasteiger partial charge in [-0.1, -0.05) is 20.8 Å². The molecule has 0 radical (unpaired) electrons. The Bertz CT molecular complexity index is 337. The second kappa shape index (κ2) is 5.52. The molecule has 1 rings (SSSR count). The van der Waals surface area contributed by atoms with Crippen LogP contribution < -0.4 is 5.73 Å². The van der Waals surface area contributed by atoms with Gasteiger partial charge in [0, 0.05) is 16.2 Å². The number of hydrogen-bond acceptors (Lipinski definition) is 4. The molecule has 1 heterocycles. The Hall–Kier alpha value is -0.0600. The number of aromatic nitrogens is 1. The zero-order chi connectivity index (χ0) is 12.3. The van der Waals surface area contributed by atoms with E-state index in [1.54, 1.807) is 11.3 Å². The van der Waals surface area contributed by atoms with E-state index in [1.807, 2.05) is 11.8 Å². The van der Waals surface area contributed by atoms with Crippen LogP contribution >= 0.6 is 23.1 Å². The van der Waals surface area contributed by atoms with Gasteiger partial charge in [-0.15, -0.1) is 11.3 Å². The minimum atomic E-state index is -0.260. The molecule has 0 aliphatic heterocycles. The van der Waals surface area contributed by atoms with Crippen molar-refractivity contribution in [1.29, 1.82) is 0 Å². The molecule has 2 nitrogen and oxygen atoms in total. The molecule has 0 aromatic carbocycles. The van der Waals surface area contributed by atoms with Crippen molar-refractivity contribution in [3.63, 3.8) is 0 Å². The lowest BCUT2D eigenvalue weighted by Crippen LogP contribution is -2.28. The summed E-state index contributed by atoms with van der Waals surface area (Å²) < 4.78 is 0. The van der Waals surface area contributed by atoms with Gasteiger partial charge in [0.15, 0.2) is 0 Å². The van der Waals surface area contributed by atoms with Gasteiger partial charge in [0.05, 0.1) is 5.69 Å². The maximum atomic E-state index is 6.17. The van der Waals surface area contributed by atoms with Gasteiger partial charge in [-0.25, -0.2) is 4.98 Å². The highest BCUT2D eigenvalue weighted by Gasteiger charge is 2.22. The smallest absolute Gasteiger partial charge is 0.103 e. The Morgan fingerprint density at radius 2 is 2.06 bits per heavy atom. The third-order valence-electron chi connectivity index (χ3n) is 2.20. The standard InChI is InChI=1S/C12H22N2S2/c1-6-9-11(12(4,5)13)16-10(14-9)7-15-8(2)3/h8H,6-7,13H2,1-5H3. The highest BCUT2D eigenvalue weighted by molar-refractivity contribution is 7.99. The van der Waals surface area contributed by atoms with Gasteiger partial charge >= 0.3 is 0 Å². The SMILES string of the molecule is CCc1nc(CSC(C)C)sc1C(C)(C)N. The maximum Gasteiger partial charge on any atom is 0.103 e. The molecule has 0 aliphatic rings. The highest BCUT2D eigenvalue weighted by atomic mass is 32.2. The van der Waals surface area contributed by atoms with E-state index in [2.05, 4.69) is 39.6 Å². The second-order valence-corrected chi connectivity index (χ2v) is 7.47. The minimum absolute atomic E-state index is 0.260. The first-order valence-corrected chi connectivity index (χ1v) is 7.60. The van der Waals surface area contributed by atoms with Crippen LogP contribution in [0, 0.1) is 0 Å². The van der Waals surface area contributed by atoms with Gasteiger partial charge in [-0.3, -0.25) is 0 Å². The lowest BCUT2D eigenvalue weighted by atomic mass is 10.0. The van der Waals surface area contributed by atoms with Crippen molar-refractivity contribution in [3.05, 3.63) is 15.6 Å². The normalized spacial score (nSPS) is 12.4. The summed E-state index contributed by atoms with van der Waals surface area (Å²) in [6, 6.07) is 0. The average molecular weight is 258 g/mol. The first kappa shape index (κ1) is 14.0. The summed E-state index contributed by atoms with van der Waals surface area (Å²) in [4.78, 5) is 5.93. The zero-order valence-electron chi connectivity index (χ0n) is 10.8. The predicted octanol–water partition coefficient (Wildman–Crippen LogP) is 3.54. The Kier molecular flexibility index (Phi) is 4.83. The molecule has 0 spiro atoms. The largest absolute Gasteiger partial charge is 0.321 e. The van der Waals surface area contributed by atoms with Crippen molar-refractivity contribution in [2.75, 3.05) is 0 Å². The monoisotopic (exact) mass is 258 g/mol. The lowest BCUT2D eigenvalue weighted by Gasteiger charge is -2.17. The third kappa shape index (κ3) is 3.75. The van der Waals surface area contributed by atoms with E-state index in [1.165, 1.54) is 15.6 Å². The summed E-state index contributed by atoms with van der Waals surface area (Å²) in [5.74, 6) is 1.01. The number of nitrogens with zero attached hydrogens (tertiary/aromatic N) is 1. The maximum absolute atomic E-state index is 6.17. The van der Waals surface area contributed by atoms with Crippen molar-refractivity contribution < 1.29 is 0 Å². The van der Waals surface area contributed by atoms with Crippen LogP contribution in [0.5, 0.6) is 0 Å². The summed E-state index contributed by atoms with van der Waals surface area (Å²) >= 11 is 3.71. The molecule has 0 amide bonds. The molecular formula is C12H22N2S2. The molecule has 1 aromatic rings. The van der Waals surface area contributed by atoms with Crippen LogP contribution in [0.25, 0.3) is 0 Å². The molecule has 0 unspecified atom stereocenters. The quantitative estimate of drug-likeness (QED) is 0.878. The van der Waals surface area contributed by atoms with Crippen LogP contribution in [0.1, 0.15) is 50.2 Å². The van der Waals surface area contributed by atoms with Crippen LogP contribution in [-0.2, 0) is 17.7 Å². The number of thiazole rings is 1. The van der Waals surface area contributed by atoms with Crippen LogP contribution in [0.2, 0.25) is 0 Å². The van der Waals surface area contributed by atoms with Crippen molar-refractivity contribution in [2.24, 2.45) is 5.73 Å². The molecular weight excluding hydrogens is 236 g/mol. The second-order valence-electron chi connectivity index (χ2n) is 4.82. The molecule has 0 atom stereocenters. The van der Waals surface area contributed by atoms with Crippen molar-refractivity contribution in [3.8, 4) is 0 Å². The van der Waals surface area contributed by atoms with Crippen molar-refractivity contribution in [2.45, 2.75) is 57.6 Å². The fourth-order valence-corrected chi connectivity index (χ4v) is 3.39. The summed E-state index contributed by atoms with van der Waals surface area (Å²) in [5, 5.41) is 1.87. The van der Waals surface area contributed by atoms with Gasteiger partial charge < -0.3 is 5.73 Å². The molecule has 0 saturated carbocycles. The van der Waals surface area contributed by atoms with Crippen LogP contribution in [0.15, 0.2) is 0 Å². The van der Waals surface area contributed by atoms with Crippen LogP contribution in [0.3, 0.4) is 0 Å². The Balaban J connectivity index is 2.86. The number of aryl methyl sites for hydroxylation is 1.